The molecule has 18 heavy (non-hydrogen) atoms. The van der Waals surface area contributed by atoms with Crippen LogP contribution in [0.4, 0.5) is 8.78 Å². The molecule has 3 heteroatoms. The molecule has 0 saturated heterocycles. The maximum atomic E-state index is 13.2. The lowest BCUT2D eigenvalue weighted by Gasteiger charge is -2.36. The van der Waals surface area contributed by atoms with Crippen molar-refractivity contribution in [1.82, 2.24) is 5.32 Å². The predicted octanol–water partition coefficient (Wildman–Crippen LogP) is 4.37. The van der Waals surface area contributed by atoms with Gasteiger partial charge in [-0.15, -0.1) is 0 Å². The average Bonchev–Trinajstić information content (AvgIpc) is 2.38. The number of halogens is 2. The van der Waals surface area contributed by atoms with Gasteiger partial charge in [0, 0.05) is 18.9 Å². The molecule has 0 aromatic heterocycles. The van der Waals surface area contributed by atoms with Crippen molar-refractivity contribution in [2.45, 2.75) is 76.2 Å². The van der Waals surface area contributed by atoms with Gasteiger partial charge in [-0.05, 0) is 38.1 Å². The van der Waals surface area contributed by atoms with Gasteiger partial charge in [0.25, 0.3) is 0 Å². The molecule has 1 N–H and O–H groups in total. The summed E-state index contributed by atoms with van der Waals surface area (Å²) in [6.07, 6.45) is 9.61. The van der Waals surface area contributed by atoms with Crippen molar-refractivity contribution < 1.29 is 8.78 Å². The van der Waals surface area contributed by atoms with Crippen LogP contribution in [-0.2, 0) is 0 Å². The highest BCUT2D eigenvalue weighted by molar-refractivity contribution is 4.86. The Hall–Kier alpha value is -0.180. The van der Waals surface area contributed by atoms with Crippen LogP contribution in [0.5, 0.6) is 0 Å². The Morgan fingerprint density at radius 3 is 2.22 bits per heavy atom. The molecule has 2 fully saturated rings. The summed E-state index contributed by atoms with van der Waals surface area (Å²) in [5.74, 6) is -1.09. The maximum Gasteiger partial charge on any atom is 0.248 e. The fourth-order valence-electron chi connectivity index (χ4n) is 3.79. The Kier molecular flexibility index (Phi) is 4.99. The Bertz CT molecular complexity index is 239. The van der Waals surface area contributed by atoms with Crippen LogP contribution in [0.15, 0.2) is 0 Å². The molecule has 1 unspecified atom stereocenters. The third-order valence-electron chi connectivity index (χ3n) is 5.01. The summed E-state index contributed by atoms with van der Waals surface area (Å²) < 4.78 is 26.4. The summed E-state index contributed by atoms with van der Waals surface area (Å²) >= 11 is 0. The standard InChI is InChI=1S/C15H27F2N/c1-18-14(11-12-5-3-2-4-6-12)13-7-9-15(16,17)10-8-13/h12-14,18H,2-11H2,1H3. The summed E-state index contributed by atoms with van der Waals surface area (Å²) in [4.78, 5) is 0. The van der Waals surface area contributed by atoms with Gasteiger partial charge in [0.1, 0.15) is 0 Å². The fraction of sp³-hybridized carbons (Fsp3) is 1.00. The van der Waals surface area contributed by atoms with E-state index in [2.05, 4.69) is 5.32 Å². The summed E-state index contributed by atoms with van der Waals surface area (Å²) in [5.41, 5.74) is 0. The van der Waals surface area contributed by atoms with E-state index in [0.717, 1.165) is 5.92 Å². The van der Waals surface area contributed by atoms with Gasteiger partial charge in [0.15, 0.2) is 0 Å². The van der Waals surface area contributed by atoms with Crippen LogP contribution in [0.1, 0.15) is 64.2 Å². The van der Waals surface area contributed by atoms with Crippen molar-refractivity contribution in [2.24, 2.45) is 11.8 Å². The fourth-order valence-corrected chi connectivity index (χ4v) is 3.79. The smallest absolute Gasteiger partial charge is 0.248 e. The number of alkyl halides is 2. The minimum atomic E-state index is -2.39. The summed E-state index contributed by atoms with van der Waals surface area (Å²) in [5, 5.41) is 3.40. The molecule has 0 aromatic rings. The van der Waals surface area contributed by atoms with Gasteiger partial charge < -0.3 is 5.32 Å². The molecule has 106 valence electrons. The Balaban J connectivity index is 1.81. The zero-order valence-electron chi connectivity index (χ0n) is 11.6. The highest BCUT2D eigenvalue weighted by Gasteiger charge is 2.37. The second-order valence-corrected chi connectivity index (χ2v) is 6.33. The minimum Gasteiger partial charge on any atom is -0.317 e. The van der Waals surface area contributed by atoms with Gasteiger partial charge in [-0.25, -0.2) is 8.78 Å². The van der Waals surface area contributed by atoms with Gasteiger partial charge in [-0.2, -0.15) is 0 Å². The normalized spacial score (nSPS) is 28.2. The van der Waals surface area contributed by atoms with Crippen LogP contribution in [0.3, 0.4) is 0 Å². The third-order valence-corrected chi connectivity index (χ3v) is 5.01. The largest absolute Gasteiger partial charge is 0.317 e. The molecule has 0 heterocycles. The van der Waals surface area contributed by atoms with E-state index in [9.17, 15) is 8.78 Å². The Morgan fingerprint density at radius 2 is 1.67 bits per heavy atom. The lowest BCUT2D eigenvalue weighted by atomic mass is 9.76. The van der Waals surface area contributed by atoms with Crippen LogP contribution < -0.4 is 5.32 Å². The first kappa shape index (κ1) is 14.2. The minimum absolute atomic E-state index is 0.0977. The van der Waals surface area contributed by atoms with E-state index in [-0.39, 0.29) is 12.8 Å². The number of hydrogen-bond acceptors (Lipinski definition) is 1. The first-order valence-corrected chi connectivity index (χ1v) is 7.66. The maximum absolute atomic E-state index is 13.2. The van der Waals surface area contributed by atoms with Gasteiger partial charge in [-0.3, -0.25) is 0 Å². The van der Waals surface area contributed by atoms with Crippen LogP contribution >= 0.6 is 0 Å². The van der Waals surface area contributed by atoms with Crippen LogP contribution in [0, 0.1) is 11.8 Å². The zero-order chi connectivity index (χ0) is 13.0. The molecular weight excluding hydrogens is 232 g/mol. The van der Waals surface area contributed by atoms with Crippen molar-refractivity contribution in [1.29, 1.82) is 0 Å². The van der Waals surface area contributed by atoms with Gasteiger partial charge in [-0.1, -0.05) is 32.1 Å². The molecule has 2 rings (SSSR count). The summed E-state index contributed by atoms with van der Waals surface area (Å²) in [6, 6.07) is 0.462. The zero-order valence-corrected chi connectivity index (χ0v) is 11.6. The second kappa shape index (κ2) is 6.31. The first-order valence-electron chi connectivity index (χ1n) is 7.66. The van der Waals surface area contributed by atoms with Crippen LogP contribution in [0.2, 0.25) is 0 Å². The molecule has 0 radical (unpaired) electrons. The topological polar surface area (TPSA) is 12.0 Å². The molecule has 0 aliphatic heterocycles. The lowest BCUT2D eigenvalue weighted by Crippen LogP contribution is -2.39. The molecule has 2 aliphatic carbocycles. The van der Waals surface area contributed by atoms with E-state index in [4.69, 9.17) is 0 Å². The molecule has 0 spiro atoms. The molecular formula is C15H27F2N. The lowest BCUT2D eigenvalue weighted by molar-refractivity contribution is -0.0502. The highest BCUT2D eigenvalue weighted by atomic mass is 19.3. The van der Waals surface area contributed by atoms with Gasteiger partial charge in [0.05, 0.1) is 0 Å². The van der Waals surface area contributed by atoms with Crippen molar-refractivity contribution in [2.75, 3.05) is 7.05 Å². The SMILES string of the molecule is CNC(CC1CCCCC1)C1CCC(F)(F)CC1. The second-order valence-electron chi connectivity index (χ2n) is 6.33. The van der Waals surface area contributed by atoms with Crippen molar-refractivity contribution >= 4 is 0 Å². The number of rotatable bonds is 4. The highest BCUT2D eigenvalue weighted by Crippen LogP contribution is 2.39. The van der Waals surface area contributed by atoms with E-state index in [1.54, 1.807) is 0 Å². The van der Waals surface area contributed by atoms with E-state index < -0.39 is 5.92 Å². The molecule has 2 saturated carbocycles. The average molecular weight is 259 g/mol. The monoisotopic (exact) mass is 259 g/mol. The van der Waals surface area contributed by atoms with E-state index in [0.29, 0.717) is 24.8 Å². The number of hydrogen-bond donors (Lipinski definition) is 1. The van der Waals surface area contributed by atoms with Crippen LogP contribution in [0.25, 0.3) is 0 Å². The molecule has 1 atom stereocenters. The molecule has 0 aromatic carbocycles. The van der Waals surface area contributed by atoms with Crippen molar-refractivity contribution in [3.8, 4) is 0 Å². The van der Waals surface area contributed by atoms with Crippen LogP contribution in [-0.4, -0.2) is 19.0 Å². The molecule has 0 amide bonds. The first-order chi connectivity index (χ1) is 8.61. The van der Waals surface area contributed by atoms with Crippen molar-refractivity contribution in [3.63, 3.8) is 0 Å². The summed E-state index contributed by atoms with van der Waals surface area (Å²) in [7, 11) is 2.00. The van der Waals surface area contributed by atoms with Gasteiger partial charge >= 0.3 is 0 Å². The molecule has 2 aliphatic rings. The van der Waals surface area contributed by atoms with E-state index in [1.807, 2.05) is 7.05 Å². The predicted molar refractivity (Wildman–Crippen MR) is 70.9 cm³/mol. The van der Waals surface area contributed by atoms with E-state index >= 15 is 0 Å². The van der Waals surface area contributed by atoms with Crippen molar-refractivity contribution in [3.05, 3.63) is 0 Å². The third kappa shape index (κ3) is 3.91. The van der Waals surface area contributed by atoms with Gasteiger partial charge in [0.2, 0.25) is 5.92 Å². The summed E-state index contributed by atoms with van der Waals surface area (Å²) in [6.45, 7) is 0. The van der Waals surface area contributed by atoms with E-state index in [1.165, 1.54) is 38.5 Å². The molecule has 1 nitrogen and oxygen atoms in total. The quantitative estimate of drug-likeness (QED) is 0.790. The number of nitrogens with one attached hydrogen (secondary N) is 1. The Morgan fingerprint density at radius 1 is 1.06 bits per heavy atom. The molecule has 0 bridgehead atoms. The Labute approximate surface area is 110 Å².